The standard InChI is InChI=1S/C10H10O3S/c11-8-3-4-14(12,13)10-7-2-1-6(5-7)9(8)10/h1-4,6-7,9-10H,5H2/t6-,7-,9+,10+/m0/s1. The summed E-state index contributed by atoms with van der Waals surface area (Å²) in [6, 6.07) is 0. The Bertz CT molecular complexity index is 458. The molecule has 3 aliphatic rings. The fourth-order valence-corrected chi connectivity index (χ4v) is 4.90. The molecule has 2 bridgehead atoms. The van der Waals surface area contributed by atoms with E-state index in [1.807, 2.05) is 12.2 Å². The Morgan fingerprint density at radius 2 is 1.93 bits per heavy atom. The Balaban J connectivity index is 2.19. The minimum absolute atomic E-state index is 0.0123. The van der Waals surface area contributed by atoms with E-state index in [1.165, 1.54) is 6.08 Å². The lowest BCUT2D eigenvalue weighted by molar-refractivity contribution is -0.118. The summed E-state index contributed by atoms with van der Waals surface area (Å²) >= 11 is 0. The number of sulfone groups is 1. The second-order valence-corrected chi connectivity index (χ2v) is 6.23. The van der Waals surface area contributed by atoms with Gasteiger partial charge in [0.2, 0.25) is 0 Å². The maximum absolute atomic E-state index is 11.7. The third-order valence-electron chi connectivity index (χ3n) is 3.52. The van der Waals surface area contributed by atoms with Crippen molar-refractivity contribution in [2.75, 3.05) is 0 Å². The summed E-state index contributed by atoms with van der Waals surface area (Å²) in [5, 5.41) is 0.625. The highest BCUT2D eigenvalue weighted by molar-refractivity contribution is 7.95. The molecule has 1 saturated carbocycles. The first kappa shape index (κ1) is 8.41. The molecule has 1 aliphatic heterocycles. The van der Waals surface area contributed by atoms with Crippen LogP contribution < -0.4 is 0 Å². The molecule has 0 saturated heterocycles. The fourth-order valence-electron chi connectivity index (χ4n) is 2.96. The molecule has 0 aromatic heterocycles. The lowest BCUT2D eigenvalue weighted by Crippen LogP contribution is -2.39. The summed E-state index contributed by atoms with van der Waals surface area (Å²) in [6.45, 7) is 0. The molecule has 1 fully saturated rings. The zero-order valence-electron chi connectivity index (χ0n) is 7.46. The molecular weight excluding hydrogens is 200 g/mol. The van der Waals surface area contributed by atoms with E-state index >= 15 is 0 Å². The number of fused-ring (bicyclic) bond motifs is 5. The van der Waals surface area contributed by atoms with Crippen LogP contribution >= 0.6 is 0 Å². The average molecular weight is 210 g/mol. The Kier molecular flexibility index (Phi) is 1.42. The van der Waals surface area contributed by atoms with Crippen molar-refractivity contribution in [3.63, 3.8) is 0 Å². The first-order chi connectivity index (χ1) is 6.59. The summed E-state index contributed by atoms with van der Waals surface area (Å²) in [6.07, 6.45) is 6.02. The van der Waals surface area contributed by atoms with Crippen LogP contribution in [0.1, 0.15) is 6.42 Å². The third-order valence-corrected chi connectivity index (χ3v) is 5.43. The van der Waals surface area contributed by atoms with Crippen molar-refractivity contribution in [1.29, 1.82) is 0 Å². The summed E-state index contributed by atoms with van der Waals surface area (Å²) in [7, 11) is -3.18. The van der Waals surface area contributed by atoms with Gasteiger partial charge in [-0.25, -0.2) is 8.42 Å². The zero-order chi connectivity index (χ0) is 9.92. The van der Waals surface area contributed by atoms with Crippen molar-refractivity contribution in [1.82, 2.24) is 0 Å². The number of allylic oxidation sites excluding steroid dienone is 3. The van der Waals surface area contributed by atoms with Crippen LogP contribution in [0.5, 0.6) is 0 Å². The molecule has 4 heteroatoms. The van der Waals surface area contributed by atoms with Gasteiger partial charge in [-0.3, -0.25) is 4.79 Å². The van der Waals surface area contributed by atoms with Crippen molar-refractivity contribution < 1.29 is 13.2 Å². The van der Waals surface area contributed by atoms with Crippen molar-refractivity contribution in [2.45, 2.75) is 11.7 Å². The van der Waals surface area contributed by atoms with Gasteiger partial charge in [0.1, 0.15) is 0 Å². The molecule has 74 valence electrons. The van der Waals surface area contributed by atoms with Crippen LogP contribution in [-0.4, -0.2) is 19.5 Å². The van der Waals surface area contributed by atoms with Gasteiger partial charge < -0.3 is 0 Å². The molecule has 0 N–H and O–H groups in total. The van der Waals surface area contributed by atoms with Gasteiger partial charge in [0, 0.05) is 11.3 Å². The molecule has 0 aromatic rings. The largest absolute Gasteiger partial charge is 0.294 e. The Morgan fingerprint density at radius 1 is 1.21 bits per heavy atom. The molecule has 3 rings (SSSR count). The van der Waals surface area contributed by atoms with E-state index in [-0.39, 0.29) is 23.5 Å². The van der Waals surface area contributed by atoms with E-state index in [0.29, 0.717) is 0 Å². The Labute approximate surface area is 82.4 Å². The molecule has 0 radical (unpaired) electrons. The van der Waals surface area contributed by atoms with Crippen LogP contribution in [0.25, 0.3) is 0 Å². The van der Waals surface area contributed by atoms with E-state index in [4.69, 9.17) is 0 Å². The van der Waals surface area contributed by atoms with Crippen LogP contribution in [0.15, 0.2) is 23.6 Å². The molecule has 1 heterocycles. The van der Waals surface area contributed by atoms with E-state index in [2.05, 4.69) is 0 Å². The minimum atomic E-state index is -3.18. The van der Waals surface area contributed by atoms with Gasteiger partial charge >= 0.3 is 0 Å². The summed E-state index contributed by atoms with van der Waals surface area (Å²) in [5.74, 6) is -0.0669. The number of rotatable bonds is 0. The van der Waals surface area contributed by atoms with Gasteiger partial charge in [-0.05, 0) is 24.3 Å². The minimum Gasteiger partial charge on any atom is -0.294 e. The second kappa shape index (κ2) is 2.37. The molecule has 14 heavy (non-hydrogen) atoms. The molecule has 2 aliphatic carbocycles. The molecular formula is C10H10O3S. The molecule has 4 atom stereocenters. The van der Waals surface area contributed by atoms with E-state index in [1.54, 1.807) is 0 Å². The highest BCUT2D eigenvalue weighted by atomic mass is 32.2. The molecule has 0 spiro atoms. The summed E-state index contributed by atoms with van der Waals surface area (Å²) < 4.78 is 23.5. The maximum atomic E-state index is 11.7. The Morgan fingerprint density at radius 3 is 2.64 bits per heavy atom. The van der Waals surface area contributed by atoms with Crippen molar-refractivity contribution >= 4 is 15.6 Å². The van der Waals surface area contributed by atoms with E-state index in [0.717, 1.165) is 11.8 Å². The Hall–Kier alpha value is -0.900. The van der Waals surface area contributed by atoms with Crippen LogP contribution in [0, 0.1) is 17.8 Å². The van der Waals surface area contributed by atoms with Crippen LogP contribution in [0.2, 0.25) is 0 Å². The smallest absolute Gasteiger partial charge is 0.175 e. The topological polar surface area (TPSA) is 51.2 Å². The normalized spacial score (nSPS) is 47.0. The summed E-state index contributed by atoms with van der Waals surface area (Å²) in [4.78, 5) is 11.6. The van der Waals surface area contributed by atoms with Crippen LogP contribution in [0.3, 0.4) is 0 Å². The first-order valence-corrected chi connectivity index (χ1v) is 6.35. The monoisotopic (exact) mass is 210 g/mol. The zero-order valence-corrected chi connectivity index (χ0v) is 8.28. The van der Waals surface area contributed by atoms with Crippen LogP contribution in [0.4, 0.5) is 0 Å². The molecule has 0 aromatic carbocycles. The van der Waals surface area contributed by atoms with E-state index in [9.17, 15) is 13.2 Å². The molecule has 0 amide bonds. The molecule has 3 nitrogen and oxygen atoms in total. The van der Waals surface area contributed by atoms with Crippen molar-refractivity contribution in [3.8, 4) is 0 Å². The molecule has 0 unspecified atom stereocenters. The van der Waals surface area contributed by atoms with Gasteiger partial charge in [0.05, 0.1) is 5.25 Å². The lowest BCUT2D eigenvalue weighted by Gasteiger charge is -2.27. The summed E-state index contributed by atoms with van der Waals surface area (Å²) in [5.41, 5.74) is 0. The highest BCUT2D eigenvalue weighted by Crippen LogP contribution is 2.49. The van der Waals surface area contributed by atoms with Gasteiger partial charge in [-0.15, -0.1) is 0 Å². The fraction of sp³-hybridized carbons (Fsp3) is 0.500. The van der Waals surface area contributed by atoms with Gasteiger partial charge in [-0.1, -0.05) is 12.2 Å². The number of hydrogen-bond acceptors (Lipinski definition) is 3. The average Bonchev–Trinajstić information content (AvgIpc) is 2.71. The number of hydrogen-bond donors (Lipinski definition) is 0. The van der Waals surface area contributed by atoms with Gasteiger partial charge in [0.25, 0.3) is 0 Å². The van der Waals surface area contributed by atoms with Gasteiger partial charge in [0.15, 0.2) is 15.6 Å². The first-order valence-electron chi connectivity index (χ1n) is 4.74. The van der Waals surface area contributed by atoms with Crippen LogP contribution in [-0.2, 0) is 14.6 Å². The predicted octanol–water partition coefficient (Wildman–Crippen LogP) is 0.688. The quantitative estimate of drug-likeness (QED) is 0.553. The SMILES string of the molecule is O=C1C=CS(=O)(=O)[C@H]2[C@@H]1[C@H]1C=C[C@H]2C1. The highest BCUT2D eigenvalue weighted by Gasteiger charge is 2.54. The number of carbonyl (C=O) groups excluding carboxylic acids is 1. The lowest BCUT2D eigenvalue weighted by atomic mass is 9.89. The van der Waals surface area contributed by atoms with Gasteiger partial charge in [-0.2, -0.15) is 0 Å². The number of carbonyl (C=O) groups is 1. The maximum Gasteiger partial charge on any atom is 0.175 e. The third kappa shape index (κ3) is 0.869. The van der Waals surface area contributed by atoms with Crippen molar-refractivity contribution in [2.24, 2.45) is 17.8 Å². The van der Waals surface area contributed by atoms with Crippen molar-refractivity contribution in [3.05, 3.63) is 23.6 Å². The second-order valence-electron chi connectivity index (χ2n) is 4.23. The predicted molar refractivity (Wildman–Crippen MR) is 51.1 cm³/mol. The number of ketones is 1. The van der Waals surface area contributed by atoms with E-state index < -0.39 is 15.1 Å².